The molecule has 2 aromatic carbocycles. The molecule has 2 heterocycles. The molecule has 0 fully saturated rings. The van der Waals surface area contributed by atoms with E-state index >= 15 is 0 Å². The van der Waals surface area contributed by atoms with E-state index in [1.54, 1.807) is 24.5 Å². The Morgan fingerprint density at radius 1 is 0.652 bits per heavy atom. The molecule has 2 aromatic heterocycles. The number of hydrogen-bond acceptors (Lipinski definition) is 9. The number of nitrogens with one attached hydrogen (secondary N) is 2. The van der Waals surface area contributed by atoms with Crippen molar-refractivity contribution in [2.24, 2.45) is 0 Å². The molecule has 0 saturated heterocycles. The molecule has 0 unspecified atom stereocenters. The number of aromatic nitrogens is 2. The fourth-order valence-corrected chi connectivity index (χ4v) is 5.18. The van der Waals surface area contributed by atoms with Crippen molar-refractivity contribution < 1.29 is 24.9 Å². The topological polar surface area (TPSA) is 151 Å². The van der Waals surface area contributed by atoms with Crippen LogP contribution < -0.4 is 10.6 Å². The van der Waals surface area contributed by atoms with Gasteiger partial charge < -0.3 is 26.0 Å². The van der Waals surface area contributed by atoms with E-state index in [1.807, 2.05) is 79.2 Å². The van der Waals surface area contributed by atoms with Gasteiger partial charge in [0.25, 0.3) is 11.8 Å². The summed E-state index contributed by atoms with van der Waals surface area (Å²) in [5.74, 6) is -0.660. The number of carbonyl (C=O) groups excluding carboxylic acids is 2. The van der Waals surface area contributed by atoms with Crippen LogP contribution in [0.4, 0.5) is 11.4 Å². The van der Waals surface area contributed by atoms with Crippen LogP contribution in [0.2, 0.25) is 0 Å². The number of pyridine rings is 2. The number of amides is 2. The second-order valence-electron chi connectivity index (χ2n) is 11.2. The summed E-state index contributed by atoms with van der Waals surface area (Å²) in [7, 11) is 1.91. The van der Waals surface area contributed by atoms with Crippen LogP contribution in [0.15, 0.2) is 73.1 Å². The van der Waals surface area contributed by atoms with Crippen LogP contribution in [0.25, 0.3) is 11.1 Å². The quantitative estimate of drug-likeness (QED) is 0.134. The van der Waals surface area contributed by atoms with Gasteiger partial charge in [-0.15, -0.1) is 0 Å². The second kappa shape index (κ2) is 16.7. The van der Waals surface area contributed by atoms with Gasteiger partial charge in [0.1, 0.15) is 11.4 Å². The highest BCUT2D eigenvalue weighted by Gasteiger charge is 2.16. The van der Waals surface area contributed by atoms with Crippen molar-refractivity contribution in [3.05, 3.63) is 107 Å². The standard InChI is InChI=1S/C35H42N6O5/c1-24-28(6-4-8-30(24)38-34(45)32-12-10-26(20-36-32)22-40(3)14-17-42)29-7-5-9-31(25(29)2)39-35(46)33-13-11-27(21-37-33)23-41(15-18-43)16-19-44/h4-13,20-21,42-44H,14-19,22-23H2,1-3H3,(H,38,45)(H,39,46). The van der Waals surface area contributed by atoms with Gasteiger partial charge in [-0.05, 0) is 78.5 Å². The molecule has 0 aliphatic carbocycles. The van der Waals surface area contributed by atoms with Crippen molar-refractivity contribution in [1.29, 1.82) is 0 Å². The van der Waals surface area contributed by atoms with Crippen molar-refractivity contribution in [1.82, 2.24) is 19.8 Å². The molecule has 0 atom stereocenters. The maximum absolute atomic E-state index is 13.1. The number of rotatable bonds is 15. The summed E-state index contributed by atoms with van der Waals surface area (Å²) in [6, 6.07) is 18.4. The van der Waals surface area contributed by atoms with E-state index in [4.69, 9.17) is 5.11 Å². The fraction of sp³-hybridized carbons (Fsp3) is 0.314. The van der Waals surface area contributed by atoms with Gasteiger partial charge in [-0.1, -0.05) is 36.4 Å². The molecule has 4 aromatic rings. The Morgan fingerprint density at radius 3 is 1.52 bits per heavy atom. The number of aliphatic hydroxyl groups excluding tert-OH is 3. The zero-order valence-electron chi connectivity index (χ0n) is 26.5. The molecule has 0 aliphatic rings. The third-order valence-electron chi connectivity index (χ3n) is 7.74. The predicted molar refractivity (Wildman–Crippen MR) is 179 cm³/mol. The SMILES string of the molecule is Cc1c(NC(=O)c2ccc(CN(C)CCO)cn2)cccc1-c1cccc(NC(=O)c2ccc(CN(CCO)CCO)cn2)c1C. The molecule has 242 valence electrons. The fourth-order valence-electron chi connectivity index (χ4n) is 5.18. The lowest BCUT2D eigenvalue weighted by Gasteiger charge is -2.20. The zero-order valence-corrected chi connectivity index (χ0v) is 26.5. The van der Waals surface area contributed by atoms with Crippen LogP contribution in [0.5, 0.6) is 0 Å². The highest BCUT2D eigenvalue weighted by Crippen LogP contribution is 2.34. The average Bonchev–Trinajstić information content (AvgIpc) is 3.04. The van der Waals surface area contributed by atoms with Gasteiger partial charge in [0.2, 0.25) is 0 Å². The third kappa shape index (κ3) is 9.03. The number of nitrogens with zero attached hydrogens (tertiary/aromatic N) is 4. The predicted octanol–water partition coefficient (Wildman–Crippen LogP) is 3.48. The lowest BCUT2D eigenvalue weighted by molar-refractivity contribution is 0.101. The Kier molecular flexibility index (Phi) is 12.5. The van der Waals surface area contributed by atoms with Gasteiger partial charge in [0, 0.05) is 56.5 Å². The van der Waals surface area contributed by atoms with Gasteiger partial charge in [-0.2, -0.15) is 0 Å². The van der Waals surface area contributed by atoms with E-state index in [-0.39, 0.29) is 37.3 Å². The monoisotopic (exact) mass is 626 g/mol. The molecule has 4 rings (SSSR count). The smallest absolute Gasteiger partial charge is 0.274 e. The summed E-state index contributed by atoms with van der Waals surface area (Å²) in [5.41, 5.74) is 7.26. The number of carbonyl (C=O) groups is 2. The summed E-state index contributed by atoms with van der Waals surface area (Å²) in [4.78, 5) is 38.7. The minimum absolute atomic E-state index is 0.0112. The van der Waals surface area contributed by atoms with E-state index < -0.39 is 0 Å². The van der Waals surface area contributed by atoms with Gasteiger partial charge in [0.05, 0.1) is 19.8 Å². The van der Waals surface area contributed by atoms with E-state index in [0.29, 0.717) is 49.8 Å². The van der Waals surface area contributed by atoms with Crippen LogP contribution in [0, 0.1) is 13.8 Å². The number of anilines is 2. The minimum atomic E-state index is -0.342. The molecular formula is C35H42N6O5. The average molecular weight is 627 g/mol. The van der Waals surface area contributed by atoms with Crippen molar-refractivity contribution in [2.75, 3.05) is 57.1 Å². The summed E-state index contributed by atoms with van der Waals surface area (Å²) >= 11 is 0. The minimum Gasteiger partial charge on any atom is -0.395 e. The van der Waals surface area contributed by atoms with Gasteiger partial charge in [0.15, 0.2) is 0 Å². The van der Waals surface area contributed by atoms with Crippen molar-refractivity contribution in [3.8, 4) is 11.1 Å². The molecule has 5 N–H and O–H groups in total. The van der Waals surface area contributed by atoms with Crippen LogP contribution in [0.1, 0.15) is 43.2 Å². The molecule has 0 aliphatic heterocycles. The zero-order chi connectivity index (χ0) is 33.1. The molecule has 11 heteroatoms. The van der Waals surface area contributed by atoms with Crippen LogP contribution >= 0.6 is 0 Å². The summed E-state index contributed by atoms with van der Waals surface area (Å²) in [6.07, 6.45) is 3.30. The first-order valence-corrected chi connectivity index (χ1v) is 15.2. The molecule has 0 saturated carbocycles. The molecule has 0 spiro atoms. The maximum atomic E-state index is 13.1. The molecule has 11 nitrogen and oxygen atoms in total. The van der Waals surface area contributed by atoms with E-state index in [1.165, 1.54) is 0 Å². The summed E-state index contributed by atoms with van der Waals surface area (Å²) in [6.45, 7) is 6.48. The Hall–Kier alpha value is -4.52. The Labute approximate surface area is 269 Å². The molecular weight excluding hydrogens is 584 g/mol. The Balaban J connectivity index is 1.46. The van der Waals surface area contributed by atoms with Crippen LogP contribution in [-0.2, 0) is 13.1 Å². The summed E-state index contributed by atoms with van der Waals surface area (Å²) in [5, 5.41) is 33.5. The highest BCUT2D eigenvalue weighted by atomic mass is 16.3. The number of likely N-dealkylation sites (N-methyl/N-ethyl adjacent to an activating group) is 1. The van der Waals surface area contributed by atoms with Crippen LogP contribution in [-0.4, -0.2) is 93.4 Å². The van der Waals surface area contributed by atoms with Crippen molar-refractivity contribution in [3.63, 3.8) is 0 Å². The molecule has 0 bridgehead atoms. The van der Waals surface area contributed by atoms with E-state index in [9.17, 15) is 19.8 Å². The van der Waals surface area contributed by atoms with Gasteiger partial charge in [-0.3, -0.25) is 29.4 Å². The van der Waals surface area contributed by atoms with Crippen molar-refractivity contribution >= 4 is 23.2 Å². The number of benzene rings is 2. The van der Waals surface area contributed by atoms with Crippen LogP contribution in [0.3, 0.4) is 0 Å². The molecule has 0 radical (unpaired) electrons. The first kappa shape index (κ1) is 34.4. The lowest BCUT2D eigenvalue weighted by Crippen LogP contribution is -2.29. The molecule has 46 heavy (non-hydrogen) atoms. The molecule has 2 amide bonds. The maximum Gasteiger partial charge on any atom is 0.274 e. The lowest BCUT2D eigenvalue weighted by atomic mass is 9.94. The van der Waals surface area contributed by atoms with Crippen molar-refractivity contribution in [2.45, 2.75) is 26.9 Å². The third-order valence-corrected chi connectivity index (χ3v) is 7.74. The number of aliphatic hydroxyl groups is 3. The van der Waals surface area contributed by atoms with E-state index in [2.05, 4.69) is 20.6 Å². The Bertz CT molecular complexity index is 1610. The first-order chi connectivity index (χ1) is 22.2. The highest BCUT2D eigenvalue weighted by molar-refractivity contribution is 6.05. The largest absolute Gasteiger partial charge is 0.395 e. The Morgan fingerprint density at radius 2 is 1.11 bits per heavy atom. The van der Waals surface area contributed by atoms with Gasteiger partial charge >= 0.3 is 0 Å². The summed E-state index contributed by atoms with van der Waals surface area (Å²) < 4.78 is 0. The normalized spacial score (nSPS) is 11.2. The second-order valence-corrected chi connectivity index (χ2v) is 11.2. The number of hydrogen-bond donors (Lipinski definition) is 5. The van der Waals surface area contributed by atoms with E-state index in [0.717, 1.165) is 33.4 Å². The van der Waals surface area contributed by atoms with Gasteiger partial charge in [-0.25, -0.2) is 0 Å². The first-order valence-electron chi connectivity index (χ1n) is 15.2.